The molecule has 1 aliphatic heterocycles. The Balaban J connectivity index is 1.92. The van der Waals surface area contributed by atoms with Crippen molar-refractivity contribution < 1.29 is 4.79 Å². The lowest BCUT2D eigenvalue weighted by Crippen LogP contribution is -2.44. The summed E-state index contributed by atoms with van der Waals surface area (Å²) in [5.41, 5.74) is 5.89. The van der Waals surface area contributed by atoms with Gasteiger partial charge in [0.2, 0.25) is 5.91 Å². The monoisotopic (exact) mass is 265 g/mol. The van der Waals surface area contributed by atoms with Gasteiger partial charge in [-0.05, 0) is 18.8 Å². The van der Waals surface area contributed by atoms with E-state index >= 15 is 0 Å². The molecule has 0 saturated heterocycles. The van der Waals surface area contributed by atoms with E-state index in [0.717, 1.165) is 37.5 Å². The van der Waals surface area contributed by atoms with Gasteiger partial charge in [-0.1, -0.05) is 20.3 Å². The van der Waals surface area contributed by atoms with Gasteiger partial charge >= 0.3 is 0 Å². The Morgan fingerprint density at radius 1 is 1.47 bits per heavy atom. The molecule has 106 valence electrons. The minimum Gasteiger partial charge on any atom is -0.347 e. The Labute approximate surface area is 113 Å². The van der Waals surface area contributed by atoms with Crippen LogP contribution < -0.4 is 11.1 Å². The van der Waals surface area contributed by atoms with Crippen LogP contribution in [0.5, 0.6) is 0 Å². The van der Waals surface area contributed by atoms with E-state index in [1.807, 2.05) is 13.8 Å². The normalized spacial score (nSPS) is 17.6. The lowest BCUT2D eigenvalue weighted by molar-refractivity contribution is -0.123. The number of nitrogens with zero attached hydrogens (tertiary/aromatic N) is 3. The minimum absolute atomic E-state index is 0.109. The van der Waals surface area contributed by atoms with Crippen molar-refractivity contribution in [2.24, 2.45) is 11.7 Å². The number of hydrogen-bond acceptors (Lipinski definition) is 4. The second kappa shape index (κ2) is 6.14. The summed E-state index contributed by atoms with van der Waals surface area (Å²) >= 11 is 0. The van der Waals surface area contributed by atoms with Gasteiger partial charge in [-0.15, -0.1) is 10.2 Å². The summed E-state index contributed by atoms with van der Waals surface area (Å²) in [6.45, 7) is 5.39. The van der Waals surface area contributed by atoms with Gasteiger partial charge in [0.25, 0.3) is 0 Å². The molecular formula is C13H23N5O. The van der Waals surface area contributed by atoms with Crippen LogP contribution >= 0.6 is 0 Å². The summed E-state index contributed by atoms with van der Waals surface area (Å²) in [5, 5.41) is 11.2. The van der Waals surface area contributed by atoms with Crippen molar-refractivity contribution in [3.05, 3.63) is 11.6 Å². The Morgan fingerprint density at radius 2 is 2.26 bits per heavy atom. The summed E-state index contributed by atoms with van der Waals surface area (Å²) in [7, 11) is 0. The Hall–Kier alpha value is -1.43. The maximum absolute atomic E-state index is 11.9. The molecule has 1 aliphatic rings. The topological polar surface area (TPSA) is 85.8 Å². The number of aryl methyl sites for hydroxylation is 1. The van der Waals surface area contributed by atoms with Gasteiger partial charge in [0, 0.05) is 13.0 Å². The molecule has 6 heteroatoms. The molecule has 0 spiro atoms. The molecular weight excluding hydrogens is 242 g/mol. The highest BCUT2D eigenvalue weighted by Crippen LogP contribution is 2.14. The fourth-order valence-electron chi connectivity index (χ4n) is 2.30. The van der Waals surface area contributed by atoms with E-state index in [-0.39, 0.29) is 11.8 Å². The van der Waals surface area contributed by atoms with E-state index in [1.165, 1.54) is 6.42 Å². The standard InChI is InChI=1S/C13H23N5O/c1-3-9(2)12(14)13(19)15-8-11-17-16-10-6-4-5-7-18(10)11/h9,12H,3-8,14H2,1-2H3,(H,15,19). The van der Waals surface area contributed by atoms with E-state index in [1.54, 1.807) is 0 Å². The van der Waals surface area contributed by atoms with E-state index in [9.17, 15) is 4.79 Å². The molecule has 2 rings (SSSR count). The fraction of sp³-hybridized carbons (Fsp3) is 0.769. The lowest BCUT2D eigenvalue weighted by atomic mass is 9.99. The highest BCUT2D eigenvalue weighted by atomic mass is 16.2. The van der Waals surface area contributed by atoms with E-state index in [2.05, 4.69) is 20.1 Å². The van der Waals surface area contributed by atoms with Crippen molar-refractivity contribution in [2.75, 3.05) is 0 Å². The maximum Gasteiger partial charge on any atom is 0.237 e. The Morgan fingerprint density at radius 3 is 3.00 bits per heavy atom. The smallest absolute Gasteiger partial charge is 0.237 e. The first-order chi connectivity index (χ1) is 9.13. The van der Waals surface area contributed by atoms with Crippen molar-refractivity contribution >= 4 is 5.91 Å². The molecule has 19 heavy (non-hydrogen) atoms. The largest absolute Gasteiger partial charge is 0.347 e. The van der Waals surface area contributed by atoms with Gasteiger partial charge in [0.15, 0.2) is 5.82 Å². The Kier molecular flexibility index (Phi) is 4.52. The van der Waals surface area contributed by atoms with Gasteiger partial charge in [0.05, 0.1) is 12.6 Å². The molecule has 1 aromatic heterocycles. The van der Waals surface area contributed by atoms with Gasteiger partial charge in [-0.3, -0.25) is 4.79 Å². The number of hydrogen-bond donors (Lipinski definition) is 2. The van der Waals surface area contributed by atoms with Crippen LogP contribution in [0.15, 0.2) is 0 Å². The zero-order valence-corrected chi connectivity index (χ0v) is 11.7. The van der Waals surface area contributed by atoms with Crippen molar-refractivity contribution in [1.82, 2.24) is 20.1 Å². The molecule has 0 aromatic carbocycles. The fourth-order valence-corrected chi connectivity index (χ4v) is 2.30. The van der Waals surface area contributed by atoms with Gasteiger partial charge in [-0.25, -0.2) is 0 Å². The summed E-state index contributed by atoms with van der Waals surface area (Å²) < 4.78 is 2.11. The van der Waals surface area contributed by atoms with Crippen LogP contribution in [0.4, 0.5) is 0 Å². The third-order valence-corrected chi connectivity index (χ3v) is 3.92. The molecule has 1 aromatic rings. The summed E-state index contributed by atoms with van der Waals surface area (Å²) in [6.07, 6.45) is 4.20. The average Bonchev–Trinajstić information content (AvgIpc) is 2.86. The van der Waals surface area contributed by atoms with E-state index in [4.69, 9.17) is 5.73 Å². The summed E-state index contributed by atoms with van der Waals surface area (Å²) in [5.74, 6) is 1.94. The SMILES string of the molecule is CCC(C)C(N)C(=O)NCc1nnc2n1CCCC2. The second-order valence-electron chi connectivity index (χ2n) is 5.27. The third kappa shape index (κ3) is 3.12. The van der Waals surface area contributed by atoms with Gasteiger partial charge in [-0.2, -0.15) is 0 Å². The number of aromatic nitrogens is 3. The van der Waals surface area contributed by atoms with Crippen LogP contribution in [0, 0.1) is 5.92 Å². The molecule has 0 saturated carbocycles. The number of fused-ring (bicyclic) bond motifs is 1. The van der Waals surface area contributed by atoms with Crippen molar-refractivity contribution in [3.63, 3.8) is 0 Å². The predicted octanol–water partition coefficient (Wildman–Crippen LogP) is 0.604. The number of carbonyl (C=O) groups is 1. The van der Waals surface area contributed by atoms with Crippen LogP contribution in [0.3, 0.4) is 0 Å². The molecule has 2 atom stereocenters. The number of amides is 1. The molecule has 2 unspecified atom stereocenters. The maximum atomic E-state index is 11.9. The molecule has 1 amide bonds. The first kappa shape index (κ1) is 14.0. The predicted molar refractivity (Wildman–Crippen MR) is 72.2 cm³/mol. The number of nitrogens with one attached hydrogen (secondary N) is 1. The van der Waals surface area contributed by atoms with Crippen LogP contribution in [-0.4, -0.2) is 26.7 Å². The molecule has 0 radical (unpaired) electrons. The molecule has 0 bridgehead atoms. The van der Waals surface area contributed by atoms with Crippen LogP contribution in [-0.2, 0) is 24.3 Å². The third-order valence-electron chi connectivity index (χ3n) is 3.92. The van der Waals surface area contributed by atoms with Crippen molar-refractivity contribution in [1.29, 1.82) is 0 Å². The van der Waals surface area contributed by atoms with Crippen LogP contribution in [0.25, 0.3) is 0 Å². The van der Waals surface area contributed by atoms with Gasteiger partial charge in [0.1, 0.15) is 5.82 Å². The molecule has 3 N–H and O–H groups in total. The highest BCUT2D eigenvalue weighted by molar-refractivity contribution is 5.81. The Bertz CT molecular complexity index is 442. The van der Waals surface area contributed by atoms with Crippen LogP contribution in [0.2, 0.25) is 0 Å². The second-order valence-corrected chi connectivity index (χ2v) is 5.27. The van der Waals surface area contributed by atoms with Gasteiger partial charge < -0.3 is 15.6 Å². The lowest BCUT2D eigenvalue weighted by Gasteiger charge is -2.18. The quantitative estimate of drug-likeness (QED) is 0.816. The number of carbonyl (C=O) groups excluding carboxylic acids is 1. The van der Waals surface area contributed by atoms with Crippen molar-refractivity contribution in [2.45, 2.75) is 58.7 Å². The zero-order chi connectivity index (χ0) is 13.8. The average molecular weight is 265 g/mol. The molecule has 0 fully saturated rings. The van der Waals surface area contributed by atoms with Crippen molar-refractivity contribution in [3.8, 4) is 0 Å². The first-order valence-corrected chi connectivity index (χ1v) is 7.07. The summed E-state index contributed by atoms with van der Waals surface area (Å²) in [6, 6.07) is -0.450. The highest BCUT2D eigenvalue weighted by Gasteiger charge is 2.21. The van der Waals surface area contributed by atoms with E-state index in [0.29, 0.717) is 6.54 Å². The zero-order valence-electron chi connectivity index (χ0n) is 11.7. The first-order valence-electron chi connectivity index (χ1n) is 7.07. The number of rotatable bonds is 5. The van der Waals surface area contributed by atoms with E-state index < -0.39 is 6.04 Å². The molecule has 2 heterocycles. The summed E-state index contributed by atoms with van der Waals surface area (Å²) in [4.78, 5) is 11.9. The number of nitrogens with two attached hydrogens (primary N) is 1. The molecule has 0 aliphatic carbocycles. The molecule has 6 nitrogen and oxygen atoms in total. The minimum atomic E-state index is -0.450. The van der Waals surface area contributed by atoms with Crippen LogP contribution in [0.1, 0.15) is 44.8 Å².